The molecule has 1 heterocycles. The van der Waals surface area contributed by atoms with E-state index in [0.29, 0.717) is 23.2 Å². The first-order valence-corrected chi connectivity index (χ1v) is 6.85. The first-order chi connectivity index (χ1) is 9.02. The summed E-state index contributed by atoms with van der Waals surface area (Å²) in [5.41, 5.74) is 8.42. The van der Waals surface area contributed by atoms with Gasteiger partial charge in [0.05, 0.1) is 10.7 Å². The molecule has 6 heteroatoms. The number of rotatable bonds is 3. The van der Waals surface area contributed by atoms with E-state index in [-0.39, 0.29) is 0 Å². The molecular weight excluding hydrogens is 330 g/mol. The molecule has 100 valence electrons. The second-order valence-electron chi connectivity index (χ2n) is 4.08. The van der Waals surface area contributed by atoms with Gasteiger partial charge in [-0.2, -0.15) is 5.10 Å². The zero-order valence-electron chi connectivity index (χ0n) is 10.6. The van der Waals surface area contributed by atoms with Crippen molar-refractivity contribution in [3.05, 3.63) is 44.5 Å². The van der Waals surface area contributed by atoms with Gasteiger partial charge in [-0.1, -0.05) is 27.5 Å². The summed E-state index contributed by atoms with van der Waals surface area (Å²) >= 11 is 9.45. The molecule has 2 N–H and O–H groups in total. The third-order valence-corrected chi connectivity index (χ3v) is 3.64. The molecule has 4 nitrogen and oxygen atoms in total. The highest BCUT2D eigenvalue weighted by molar-refractivity contribution is 9.10. The number of nitrogens with two attached hydrogens (primary N) is 1. The predicted molar refractivity (Wildman–Crippen MR) is 78.6 cm³/mol. The number of ether oxygens (including phenoxy) is 1. The zero-order valence-corrected chi connectivity index (χ0v) is 12.9. The lowest BCUT2D eigenvalue weighted by molar-refractivity contribution is 0.446. The van der Waals surface area contributed by atoms with E-state index in [9.17, 15) is 0 Å². The molecule has 0 bridgehead atoms. The molecule has 0 aliphatic carbocycles. The topological polar surface area (TPSA) is 61.0 Å². The van der Waals surface area contributed by atoms with Crippen LogP contribution in [0.1, 0.15) is 16.8 Å². The fraction of sp³-hybridized carbons (Fsp3) is 0.231. The number of hydrogen-bond acceptors (Lipinski definition) is 4. The molecule has 0 fully saturated rings. The van der Waals surface area contributed by atoms with E-state index in [0.717, 1.165) is 21.3 Å². The van der Waals surface area contributed by atoms with E-state index in [1.165, 1.54) is 0 Å². The molecule has 0 aliphatic rings. The summed E-state index contributed by atoms with van der Waals surface area (Å²) in [5.74, 6) is 0.923. The lowest BCUT2D eigenvalue weighted by Gasteiger charge is -2.12. The lowest BCUT2D eigenvalue weighted by atomic mass is 10.1. The summed E-state index contributed by atoms with van der Waals surface area (Å²) in [5, 5.41) is 8.59. The molecule has 0 spiro atoms. The van der Waals surface area contributed by atoms with E-state index >= 15 is 0 Å². The minimum absolute atomic E-state index is 0.339. The average molecular weight is 343 g/mol. The fourth-order valence-corrected chi connectivity index (χ4v) is 2.33. The van der Waals surface area contributed by atoms with Gasteiger partial charge in [0.2, 0.25) is 5.88 Å². The highest BCUT2D eigenvalue weighted by Crippen LogP contribution is 2.32. The van der Waals surface area contributed by atoms with Crippen LogP contribution in [0.2, 0.25) is 5.02 Å². The highest BCUT2D eigenvalue weighted by Gasteiger charge is 2.13. The van der Waals surface area contributed by atoms with Crippen molar-refractivity contribution in [3.63, 3.8) is 0 Å². The van der Waals surface area contributed by atoms with Gasteiger partial charge in [-0.3, -0.25) is 0 Å². The summed E-state index contributed by atoms with van der Waals surface area (Å²) in [7, 11) is 0. The lowest BCUT2D eigenvalue weighted by Crippen LogP contribution is -2.07. The molecular formula is C13H13BrClN3O. The van der Waals surface area contributed by atoms with Gasteiger partial charge in [-0.25, -0.2) is 0 Å². The van der Waals surface area contributed by atoms with Gasteiger partial charge in [-0.05, 0) is 37.6 Å². The monoisotopic (exact) mass is 341 g/mol. The third kappa shape index (κ3) is 3.05. The maximum Gasteiger partial charge on any atom is 0.243 e. The van der Waals surface area contributed by atoms with Crippen LogP contribution in [-0.2, 0) is 6.54 Å². The van der Waals surface area contributed by atoms with Gasteiger partial charge in [-0.15, -0.1) is 5.10 Å². The second kappa shape index (κ2) is 5.86. The molecule has 0 amide bonds. The molecule has 0 saturated carbocycles. The predicted octanol–water partition coefficient (Wildman–Crippen LogP) is 3.76. The summed E-state index contributed by atoms with van der Waals surface area (Å²) in [4.78, 5) is 0. The number of hydrogen-bond donors (Lipinski definition) is 1. The Morgan fingerprint density at radius 3 is 2.68 bits per heavy atom. The van der Waals surface area contributed by atoms with Crippen molar-refractivity contribution in [2.45, 2.75) is 20.4 Å². The molecule has 19 heavy (non-hydrogen) atoms. The molecule has 0 radical (unpaired) electrons. The Morgan fingerprint density at radius 1 is 1.32 bits per heavy atom. The number of benzene rings is 1. The summed E-state index contributed by atoms with van der Waals surface area (Å²) in [6, 6.07) is 5.37. The number of halogens is 2. The third-order valence-electron chi connectivity index (χ3n) is 2.85. The Hall–Kier alpha value is -1.17. The van der Waals surface area contributed by atoms with E-state index in [1.807, 2.05) is 19.9 Å². The first kappa shape index (κ1) is 14.2. The minimum atomic E-state index is 0.339. The SMILES string of the molecule is Cc1nnc(Oc2ccc(Br)cc2Cl)c(CN)c1C. The fourth-order valence-electron chi connectivity index (χ4n) is 1.62. The van der Waals surface area contributed by atoms with Crippen molar-refractivity contribution in [1.29, 1.82) is 0 Å². The largest absolute Gasteiger partial charge is 0.436 e. The van der Waals surface area contributed by atoms with E-state index in [2.05, 4.69) is 26.1 Å². The summed E-state index contributed by atoms with van der Waals surface area (Å²) < 4.78 is 6.60. The maximum absolute atomic E-state index is 6.11. The Bertz CT molecular complexity index is 619. The molecule has 1 aromatic heterocycles. The van der Waals surface area contributed by atoms with Crippen molar-refractivity contribution in [2.75, 3.05) is 0 Å². The zero-order chi connectivity index (χ0) is 14.0. The second-order valence-corrected chi connectivity index (χ2v) is 5.40. The van der Waals surface area contributed by atoms with Crippen LogP contribution in [0.3, 0.4) is 0 Å². The smallest absolute Gasteiger partial charge is 0.243 e. The van der Waals surface area contributed by atoms with Gasteiger partial charge in [0.15, 0.2) is 0 Å². The van der Waals surface area contributed by atoms with Crippen LogP contribution < -0.4 is 10.5 Å². The van der Waals surface area contributed by atoms with E-state index in [4.69, 9.17) is 22.1 Å². The van der Waals surface area contributed by atoms with Gasteiger partial charge in [0.25, 0.3) is 0 Å². The van der Waals surface area contributed by atoms with Gasteiger partial charge in [0, 0.05) is 16.6 Å². The van der Waals surface area contributed by atoms with Crippen LogP contribution in [0.15, 0.2) is 22.7 Å². The van der Waals surface area contributed by atoms with Crippen molar-refractivity contribution < 1.29 is 4.74 Å². The maximum atomic E-state index is 6.11. The molecule has 1 aromatic carbocycles. The summed E-state index contributed by atoms with van der Waals surface area (Å²) in [6.45, 7) is 4.17. The van der Waals surface area contributed by atoms with Crippen LogP contribution in [0, 0.1) is 13.8 Å². The van der Waals surface area contributed by atoms with E-state index < -0.39 is 0 Å². The van der Waals surface area contributed by atoms with Gasteiger partial charge in [0.1, 0.15) is 5.75 Å². The Kier molecular flexibility index (Phi) is 4.39. The number of aryl methyl sites for hydroxylation is 1. The molecule has 0 aliphatic heterocycles. The van der Waals surface area contributed by atoms with Crippen LogP contribution in [0.25, 0.3) is 0 Å². The van der Waals surface area contributed by atoms with Crippen LogP contribution in [-0.4, -0.2) is 10.2 Å². The molecule has 2 rings (SSSR count). The van der Waals surface area contributed by atoms with Crippen LogP contribution in [0.5, 0.6) is 11.6 Å². The molecule has 0 unspecified atom stereocenters. The normalized spacial score (nSPS) is 10.6. The van der Waals surface area contributed by atoms with Crippen molar-refractivity contribution in [2.24, 2.45) is 5.73 Å². The molecule has 0 atom stereocenters. The Labute approximate surface area is 125 Å². The number of aromatic nitrogens is 2. The van der Waals surface area contributed by atoms with Crippen molar-refractivity contribution in [1.82, 2.24) is 10.2 Å². The van der Waals surface area contributed by atoms with Crippen molar-refractivity contribution >= 4 is 27.5 Å². The Balaban J connectivity index is 2.41. The van der Waals surface area contributed by atoms with Crippen LogP contribution >= 0.6 is 27.5 Å². The average Bonchev–Trinajstić information content (AvgIpc) is 2.37. The quantitative estimate of drug-likeness (QED) is 0.922. The minimum Gasteiger partial charge on any atom is -0.436 e. The number of nitrogens with zero attached hydrogens (tertiary/aromatic N) is 2. The molecule has 2 aromatic rings. The first-order valence-electron chi connectivity index (χ1n) is 5.68. The molecule has 0 saturated heterocycles. The summed E-state index contributed by atoms with van der Waals surface area (Å²) in [6.07, 6.45) is 0. The van der Waals surface area contributed by atoms with Gasteiger partial charge < -0.3 is 10.5 Å². The van der Waals surface area contributed by atoms with E-state index in [1.54, 1.807) is 12.1 Å². The van der Waals surface area contributed by atoms with Crippen molar-refractivity contribution in [3.8, 4) is 11.6 Å². The highest BCUT2D eigenvalue weighted by atomic mass is 79.9. The van der Waals surface area contributed by atoms with Gasteiger partial charge >= 0.3 is 0 Å². The standard InChI is InChI=1S/C13H13BrClN3O/c1-7-8(2)17-18-13(10(7)6-16)19-12-4-3-9(14)5-11(12)15/h3-5H,6,16H2,1-2H3. The Morgan fingerprint density at radius 2 is 2.05 bits per heavy atom. The van der Waals surface area contributed by atoms with Crippen LogP contribution in [0.4, 0.5) is 0 Å².